The average Bonchev–Trinajstić information content (AvgIpc) is 2.29. The zero-order valence-corrected chi connectivity index (χ0v) is 10.9. The lowest BCUT2D eigenvalue weighted by molar-refractivity contribution is -0.146. The maximum atomic E-state index is 11.5. The summed E-state index contributed by atoms with van der Waals surface area (Å²) >= 11 is 0. The topological polar surface area (TPSA) is 76.1 Å². The number of ether oxygens (including phenoxy) is 2. The molecule has 104 valence electrons. The maximum absolute atomic E-state index is 11.5. The van der Waals surface area contributed by atoms with Crippen LogP contribution in [-0.4, -0.2) is 48.1 Å². The van der Waals surface area contributed by atoms with Crippen molar-refractivity contribution in [3.05, 3.63) is 0 Å². The Balaban J connectivity index is 2.60. The third-order valence-electron chi connectivity index (χ3n) is 3.10. The van der Waals surface area contributed by atoms with Crippen molar-refractivity contribution in [3.63, 3.8) is 0 Å². The van der Waals surface area contributed by atoms with Gasteiger partial charge in [-0.1, -0.05) is 0 Å². The van der Waals surface area contributed by atoms with Crippen molar-refractivity contribution >= 4 is 12.1 Å². The van der Waals surface area contributed by atoms with Crippen LogP contribution in [0, 0.1) is 5.92 Å². The predicted octanol–water partition coefficient (Wildman–Crippen LogP) is 1.13. The Bertz CT molecular complexity index is 294. The van der Waals surface area contributed by atoms with Crippen molar-refractivity contribution in [2.24, 2.45) is 5.92 Å². The van der Waals surface area contributed by atoms with Crippen LogP contribution in [0.25, 0.3) is 0 Å². The molecule has 1 N–H and O–H groups in total. The van der Waals surface area contributed by atoms with Crippen molar-refractivity contribution in [3.8, 4) is 0 Å². The molecule has 0 aromatic heterocycles. The van der Waals surface area contributed by atoms with Gasteiger partial charge < -0.3 is 19.5 Å². The van der Waals surface area contributed by atoms with E-state index in [2.05, 4.69) is 0 Å². The van der Waals surface area contributed by atoms with Crippen LogP contribution in [0.15, 0.2) is 0 Å². The first kappa shape index (κ1) is 14.8. The summed E-state index contributed by atoms with van der Waals surface area (Å²) < 4.78 is 9.86. The van der Waals surface area contributed by atoms with Gasteiger partial charge in [0.15, 0.2) is 6.23 Å². The van der Waals surface area contributed by atoms with Crippen LogP contribution in [-0.2, 0) is 14.3 Å². The number of aliphatic hydroxyl groups excluding tert-OH is 1. The highest BCUT2D eigenvalue weighted by Gasteiger charge is 2.32. The number of hydrogen-bond acceptors (Lipinski definition) is 5. The number of carbonyl (C=O) groups is 2. The second-order valence-electron chi connectivity index (χ2n) is 4.37. The molecule has 0 aliphatic carbocycles. The van der Waals surface area contributed by atoms with E-state index in [1.54, 1.807) is 6.92 Å². The standard InChI is InChI=1S/C12H21NO5/c1-3-17-12(16)18-11-8-10(5-7-14)4-6-13(11)9(2)15/h10-11,14H,3-8H2,1-2H3. The number of amides is 1. The molecule has 0 saturated carbocycles. The lowest BCUT2D eigenvalue weighted by Crippen LogP contribution is -2.47. The third-order valence-corrected chi connectivity index (χ3v) is 3.10. The van der Waals surface area contributed by atoms with Crippen molar-refractivity contribution in [2.75, 3.05) is 19.8 Å². The molecule has 6 nitrogen and oxygen atoms in total. The monoisotopic (exact) mass is 259 g/mol. The van der Waals surface area contributed by atoms with Crippen molar-refractivity contribution in [1.82, 2.24) is 4.90 Å². The Morgan fingerprint density at radius 2 is 2.17 bits per heavy atom. The molecule has 6 heteroatoms. The van der Waals surface area contributed by atoms with Gasteiger partial charge in [-0.05, 0) is 25.7 Å². The Labute approximate surface area is 107 Å². The summed E-state index contributed by atoms with van der Waals surface area (Å²) in [7, 11) is 0. The molecule has 0 spiro atoms. The van der Waals surface area contributed by atoms with E-state index in [0.717, 1.165) is 6.42 Å². The van der Waals surface area contributed by atoms with Crippen molar-refractivity contribution in [2.45, 2.75) is 39.3 Å². The maximum Gasteiger partial charge on any atom is 0.510 e. The Kier molecular flexibility index (Phi) is 5.91. The van der Waals surface area contributed by atoms with E-state index in [9.17, 15) is 9.59 Å². The lowest BCUT2D eigenvalue weighted by atomic mass is 9.92. The fourth-order valence-electron chi connectivity index (χ4n) is 2.18. The number of piperidine rings is 1. The van der Waals surface area contributed by atoms with Crippen LogP contribution in [0.2, 0.25) is 0 Å². The van der Waals surface area contributed by atoms with E-state index in [4.69, 9.17) is 14.6 Å². The molecule has 1 heterocycles. The first-order chi connectivity index (χ1) is 8.58. The molecule has 0 bridgehead atoms. The summed E-state index contributed by atoms with van der Waals surface area (Å²) in [4.78, 5) is 24.3. The number of likely N-dealkylation sites (tertiary alicyclic amines) is 1. The molecule has 1 fully saturated rings. The van der Waals surface area contributed by atoms with E-state index >= 15 is 0 Å². The molecule has 1 rings (SSSR count). The highest BCUT2D eigenvalue weighted by atomic mass is 16.7. The highest BCUT2D eigenvalue weighted by Crippen LogP contribution is 2.26. The molecular weight excluding hydrogens is 238 g/mol. The minimum absolute atomic E-state index is 0.108. The minimum atomic E-state index is -0.751. The minimum Gasteiger partial charge on any atom is -0.435 e. The van der Waals surface area contributed by atoms with Crippen LogP contribution in [0.4, 0.5) is 4.79 Å². The molecule has 1 saturated heterocycles. The van der Waals surface area contributed by atoms with E-state index in [0.29, 0.717) is 19.4 Å². The Hall–Kier alpha value is -1.30. The van der Waals surface area contributed by atoms with E-state index in [-0.39, 0.29) is 25.0 Å². The average molecular weight is 259 g/mol. The molecule has 0 aromatic carbocycles. The third kappa shape index (κ3) is 4.18. The molecule has 2 unspecified atom stereocenters. The fourth-order valence-corrected chi connectivity index (χ4v) is 2.18. The normalized spacial score (nSPS) is 23.6. The fraction of sp³-hybridized carbons (Fsp3) is 0.833. The molecule has 1 aliphatic heterocycles. The first-order valence-corrected chi connectivity index (χ1v) is 6.30. The Morgan fingerprint density at radius 3 is 2.72 bits per heavy atom. The molecule has 18 heavy (non-hydrogen) atoms. The van der Waals surface area contributed by atoms with Crippen molar-refractivity contribution in [1.29, 1.82) is 0 Å². The number of hydrogen-bond donors (Lipinski definition) is 1. The Morgan fingerprint density at radius 1 is 1.44 bits per heavy atom. The number of rotatable bonds is 4. The second kappa shape index (κ2) is 7.20. The predicted molar refractivity (Wildman–Crippen MR) is 63.7 cm³/mol. The van der Waals surface area contributed by atoms with Gasteiger partial charge in [0.2, 0.25) is 5.91 Å². The van der Waals surface area contributed by atoms with Crippen LogP contribution in [0.1, 0.15) is 33.1 Å². The second-order valence-corrected chi connectivity index (χ2v) is 4.37. The summed E-state index contributed by atoms with van der Waals surface area (Å²) in [5, 5.41) is 8.93. The van der Waals surface area contributed by atoms with E-state index < -0.39 is 12.4 Å². The summed E-state index contributed by atoms with van der Waals surface area (Å²) in [5.41, 5.74) is 0. The lowest BCUT2D eigenvalue weighted by Gasteiger charge is -2.37. The van der Waals surface area contributed by atoms with Gasteiger partial charge in [0.25, 0.3) is 0 Å². The van der Waals surface area contributed by atoms with Gasteiger partial charge >= 0.3 is 6.16 Å². The molecule has 0 radical (unpaired) electrons. The van der Waals surface area contributed by atoms with E-state index in [1.807, 2.05) is 0 Å². The van der Waals surface area contributed by atoms with Gasteiger partial charge in [-0.3, -0.25) is 4.79 Å². The summed E-state index contributed by atoms with van der Waals surface area (Å²) in [6.45, 7) is 4.04. The van der Waals surface area contributed by atoms with Gasteiger partial charge in [0, 0.05) is 26.5 Å². The molecular formula is C12H21NO5. The van der Waals surface area contributed by atoms with E-state index in [1.165, 1.54) is 11.8 Å². The molecule has 0 aromatic rings. The number of aliphatic hydroxyl groups is 1. The summed E-state index contributed by atoms with van der Waals surface area (Å²) in [6.07, 6.45) is 0.709. The van der Waals surface area contributed by atoms with Crippen LogP contribution < -0.4 is 0 Å². The molecule has 2 atom stereocenters. The highest BCUT2D eigenvalue weighted by molar-refractivity contribution is 5.74. The van der Waals surface area contributed by atoms with Gasteiger partial charge in [-0.15, -0.1) is 0 Å². The first-order valence-electron chi connectivity index (χ1n) is 6.30. The van der Waals surface area contributed by atoms with Gasteiger partial charge in [-0.25, -0.2) is 4.79 Å². The smallest absolute Gasteiger partial charge is 0.435 e. The number of carbonyl (C=O) groups excluding carboxylic acids is 2. The molecule has 1 aliphatic rings. The molecule has 1 amide bonds. The van der Waals surface area contributed by atoms with Gasteiger partial charge in [-0.2, -0.15) is 0 Å². The quantitative estimate of drug-likeness (QED) is 0.766. The van der Waals surface area contributed by atoms with Crippen LogP contribution in [0.3, 0.4) is 0 Å². The van der Waals surface area contributed by atoms with Gasteiger partial charge in [0.1, 0.15) is 0 Å². The number of nitrogens with zero attached hydrogens (tertiary/aromatic N) is 1. The zero-order valence-electron chi connectivity index (χ0n) is 10.9. The van der Waals surface area contributed by atoms with Crippen LogP contribution >= 0.6 is 0 Å². The zero-order chi connectivity index (χ0) is 13.5. The summed E-state index contributed by atoms with van der Waals surface area (Å²) in [6, 6.07) is 0. The van der Waals surface area contributed by atoms with Crippen molar-refractivity contribution < 1.29 is 24.2 Å². The largest absolute Gasteiger partial charge is 0.510 e. The SMILES string of the molecule is CCOC(=O)OC1CC(CCO)CCN1C(C)=O. The van der Waals surface area contributed by atoms with Crippen LogP contribution in [0.5, 0.6) is 0 Å². The summed E-state index contributed by atoms with van der Waals surface area (Å²) in [5.74, 6) is 0.150. The van der Waals surface area contributed by atoms with Gasteiger partial charge in [0.05, 0.1) is 6.61 Å².